The van der Waals surface area contributed by atoms with E-state index in [0.29, 0.717) is 6.42 Å². The van der Waals surface area contributed by atoms with Crippen LogP contribution in [0.15, 0.2) is 4.99 Å². The minimum absolute atomic E-state index is 0. The molecule has 1 rings (SSSR count). The molecule has 0 saturated carbocycles. The second kappa shape index (κ2) is 9.41. The Balaban J connectivity index is 0.00000361. The Hall–Kier alpha value is 0.380. The minimum atomic E-state index is -1.06. The molecule has 0 aromatic heterocycles. The standard InChI is InChI=1S/C13H22N2O2S2.Na/c1-4-6-7-8-19-9(3)13(5-2)10(16)14-12(18)15-11(13)17;/h9H,4-8H2,1-3H3,(H2,14,15,16,17,18);/q;+1/p-1. The summed E-state index contributed by atoms with van der Waals surface area (Å²) in [7, 11) is 0. The number of hydrogen-bond acceptors (Lipinski definition) is 4. The molecule has 0 aromatic rings. The van der Waals surface area contributed by atoms with E-state index in [4.69, 9.17) is 12.6 Å². The van der Waals surface area contributed by atoms with Crippen LogP contribution in [0.1, 0.15) is 46.5 Å². The van der Waals surface area contributed by atoms with E-state index in [1.165, 1.54) is 6.42 Å². The van der Waals surface area contributed by atoms with Crippen LogP contribution in [-0.4, -0.2) is 28.0 Å². The maximum absolute atomic E-state index is 12.2. The van der Waals surface area contributed by atoms with E-state index < -0.39 is 5.41 Å². The normalized spacial score (nSPS) is 23.6. The molecule has 0 aliphatic carbocycles. The molecule has 0 saturated heterocycles. The third kappa shape index (κ3) is 4.44. The maximum atomic E-state index is 12.2. The van der Waals surface area contributed by atoms with Gasteiger partial charge in [-0.05, 0) is 23.8 Å². The molecule has 0 spiro atoms. The van der Waals surface area contributed by atoms with Crippen LogP contribution in [0.2, 0.25) is 0 Å². The average Bonchev–Trinajstić information content (AvgIpc) is 2.34. The molecule has 1 heterocycles. The summed E-state index contributed by atoms with van der Waals surface area (Å²) >= 11 is 6.46. The van der Waals surface area contributed by atoms with Gasteiger partial charge in [-0.25, -0.2) is 4.99 Å². The second-order valence-corrected chi connectivity index (χ2v) is 6.56. The molecule has 2 amide bonds. The van der Waals surface area contributed by atoms with Crippen LogP contribution in [0.25, 0.3) is 0 Å². The number of nitrogens with one attached hydrogen (secondary N) is 1. The Morgan fingerprint density at radius 1 is 1.35 bits per heavy atom. The summed E-state index contributed by atoms with van der Waals surface area (Å²) in [6, 6.07) is 0. The summed E-state index contributed by atoms with van der Waals surface area (Å²) in [6.07, 6.45) is 3.90. The Morgan fingerprint density at radius 2 is 2.00 bits per heavy atom. The van der Waals surface area contributed by atoms with E-state index in [9.17, 15) is 9.59 Å². The van der Waals surface area contributed by atoms with Gasteiger partial charge in [0.05, 0.1) is 0 Å². The Bertz CT molecular complexity index is 391. The predicted molar refractivity (Wildman–Crippen MR) is 82.1 cm³/mol. The van der Waals surface area contributed by atoms with Crippen molar-refractivity contribution in [3.63, 3.8) is 0 Å². The molecule has 2 unspecified atom stereocenters. The van der Waals surface area contributed by atoms with Gasteiger partial charge in [0, 0.05) is 5.25 Å². The molecule has 1 aliphatic rings. The second-order valence-electron chi connectivity index (χ2n) is 4.72. The SMILES string of the molecule is CCCCCSC(C)C1(CC)C(=O)N=C([S-])NC1=O.[Na+]. The van der Waals surface area contributed by atoms with E-state index in [-0.39, 0.29) is 51.8 Å². The summed E-state index contributed by atoms with van der Waals surface area (Å²) in [6.45, 7) is 5.94. The summed E-state index contributed by atoms with van der Waals surface area (Å²) in [5.41, 5.74) is -1.06. The van der Waals surface area contributed by atoms with Gasteiger partial charge < -0.3 is 17.9 Å². The Labute approximate surface area is 153 Å². The van der Waals surface area contributed by atoms with Crippen molar-refractivity contribution >= 4 is 41.4 Å². The van der Waals surface area contributed by atoms with Crippen LogP contribution in [0, 0.1) is 5.41 Å². The number of aliphatic imine (C=N–C) groups is 1. The van der Waals surface area contributed by atoms with Crippen LogP contribution >= 0.6 is 11.8 Å². The largest absolute Gasteiger partial charge is 1.00 e. The van der Waals surface area contributed by atoms with Gasteiger partial charge in [0.15, 0.2) is 0 Å². The van der Waals surface area contributed by atoms with Gasteiger partial charge in [-0.2, -0.15) is 11.8 Å². The van der Waals surface area contributed by atoms with Crippen molar-refractivity contribution in [3.8, 4) is 0 Å². The molecule has 20 heavy (non-hydrogen) atoms. The number of unbranched alkanes of at least 4 members (excludes halogenated alkanes) is 2. The first kappa shape index (κ1) is 20.4. The quantitative estimate of drug-likeness (QED) is 0.290. The monoisotopic (exact) mass is 324 g/mol. The van der Waals surface area contributed by atoms with Crippen molar-refractivity contribution in [2.45, 2.75) is 51.7 Å². The fraction of sp³-hybridized carbons (Fsp3) is 0.769. The first-order valence-corrected chi connectivity index (χ1v) is 8.17. The fourth-order valence-electron chi connectivity index (χ4n) is 2.24. The van der Waals surface area contributed by atoms with Gasteiger partial charge in [0.1, 0.15) is 5.41 Å². The number of carbonyl (C=O) groups excluding carboxylic acids is 2. The van der Waals surface area contributed by atoms with Gasteiger partial charge in [-0.3, -0.25) is 9.59 Å². The van der Waals surface area contributed by atoms with Crippen molar-refractivity contribution in [1.29, 1.82) is 0 Å². The topological polar surface area (TPSA) is 58.5 Å². The van der Waals surface area contributed by atoms with E-state index >= 15 is 0 Å². The fourth-order valence-corrected chi connectivity index (χ4v) is 3.80. The van der Waals surface area contributed by atoms with E-state index in [1.807, 2.05) is 13.8 Å². The van der Waals surface area contributed by atoms with Crippen LogP contribution in [0.3, 0.4) is 0 Å². The molecule has 0 fully saturated rings. The van der Waals surface area contributed by atoms with Crippen LogP contribution in [-0.2, 0) is 22.2 Å². The van der Waals surface area contributed by atoms with Gasteiger partial charge in [0.2, 0.25) is 5.91 Å². The summed E-state index contributed by atoms with van der Waals surface area (Å²) in [4.78, 5) is 28.1. The number of nitrogens with zero attached hydrogens (tertiary/aromatic N) is 1. The molecular formula is C13H21N2NaO2S2. The van der Waals surface area contributed by atoms with E-state index in [2.05, 4.69) is 17.2 Å². The van der Waals surface area contributed by atoms with Crippen molar-refractivity contribution in [3.05, 3.63) is 0 Å². The zero-order chi connectivity index (χ0) is 14.5. The van der Waals surface area contributed by atoms with Gasteiger partial charge in [-0.15, -0.1) is 0 Å². The van der Waals surface area contributed by atoms with Gasteiger partial charge >= 0.3 is 29.6 Å². The molecule has 108 valence electrons. The third-order valence-electron chi connectivity index (χ3n) is 3.58. The number of thioether (sulfide) groups is 1. The van der Waals surface area contributed by atoms with E-state index in [1.54, 1.807) is 11.8 Å². The molecule has 2 atom stereocenters. The minimum Gasteiger partial charge on any atom is -0.742 e. The Morgan fingerprint density at radius 3 is 2.50 bits per heavy atom. The molecule has 0 radical (unpaired) electrons. The first-order chi connectivity index (χ1) is 8.98. The molecule has 0 bridgehead atoms. The summed E-state index contributed by atoms with van der Waals surface area (Å²) in [5.74, 6) is 0.275. The molecule has 1 aliphatic heterocycles. The van der Waals surface area contributed by atoms with Crippen LogP contribution < -0.4 is 34.9 Å². The number of rotatable bonds is 7. The number of carbonyl (C=O) groups is 2. The van der Waals surface area contributed by atoms with Crippen molar-refractivity contribution < 1.29 is 39.1 Å². The maximum Gasteiger partial charge on any atom is 1.00 e. The zero-order valence-corrected chi connectivity index (χ0v) is 16.3. The van der Waals surface area contributed by atoms with Crippen molar-refractivity contribution in [2.24, 2.45) is 10.4 Å². The van der Waals surface area contributed by atoms with Crippen LogP contribution in [0.5, 0.6) is 0 Å². The summed E-state index contributed by atoms with van der Waals surface area (Å²) in [5, 5.41) is 2.42. The van der Waals surface area contributed by atoms with Crippen molar-refractivity contribution in [2.75, 3.05) is 5.75 Å². The van der Waals surface area contributed by atoms with Gasteiger partial charge in [-0.1, -0.05) is 33.6 Å². The predicted octanol–water partition coefficient (Wildman–Crippen LogP) is -0.742. The molecule has 7 heteroatoms. The first-order valence-electron chi connectivity index (χ1n) is 6.72. The summed E-state index contributed by atoms with van der Waals surface area (Å²) < 4.78 is 0. The Kier molecular flexibility index (Phi) is 9.59. The molecular weight excluding hydrogens is 303 g/mol. The molecule has 4 nitrogen and oxygen atoms in total. The van der Waals surface area contributed by atoms with E-state index in [0.717, 1.165) is 18.6 Å². The smallest absolute Gasteiger partial charge is 0.742 e. The van der Waals surface area contributed by atoms with Gasteiger partial charge in [0.25, 0.3) is 5.91 Å². The number of hydrogen-bond donors (Lipinski definition) is 1. The van der Waals surface area contributed by atoms with Crippen molar-refractivity contribution in [1.82, 2.24) is 5.32 Å². The molecule has 0 aromatic carbocycles. The number of amidine groups is 1. The molecule has 1 N–H and O–H groups in total. The third-order valence-corrected chi connectivity index (χ3v) is 5.20. The average molecular weight is 324 g/mol. The zero-order valence-electron chi connectivity index (χ0n) is 12.7. The number of amides is 2. The van der Waals surface area contributed by atoms with Crippen LogP contribution in [0.4, 0.5) is 0 Å².